The second-order valence-electron chi connectivity index (χ2n) is 5.68. The molecule has 1 heterocycles. The van der Waals surface area contributed by atoms with E-state index < -0.39 is 0 Å². The average Bonchev–Trinajstić information content (AvgIpc) is 3.26. The Morgan fingerprint density at radius 1 is 1.15 bits per heavy atom. The predicted octanol–water partition coefficient (Wildman–Crippen LogP) is 4.33. The molecule has 0 aliphatic heterocycles. The molecule has 4 heteroatoms. The standard InChI is InChI=1S/C16H18IN3/c1-9(2)14-13(17)15(18)20-16(19-14)12-7-5-11(6-8-12)10-3-4-10/h5-10H,3-4H2,1-2H3,(H2,18,19,20). The van der Waals surface area contributed by atoms with Crippen molar-refractivity contribution in [2.24, 2.45) is 0 Å². The van der Waals surface area contributed by atoms with Crippen LogP contribution in [0.4, 0.5) is 5.82 Å². The summed E-state index contributed by atoms with van der Waals surface area (Å²) in [7, 11) is 0. The molecule has 0 radical (unpaired) electrons. The van der Waals surface area contributed by atoms with Gasteiger partial charge in [0.25, 0.3) is 0 Å². The summed E-state index contributed by atoms with van der Waals surface area (Å²) in [5.74, 6) is 2.43. The minimum Gasteiger partial charge on any atom is -0.383 e. The summed E-state index contributed by atoms with van der Waals surface area (Å²) in [6, 6.07) is 8.61. The van der Waals surface area contributed by atoms with E-state index in [4.69, 9.17) is 10.7 Å². The maximum absolute atomic E-state index is 6.03. The zero-order valence-corrected chi connectivity index (χ0v) is 13.9. The Kier molecular flexibility index (Phi) is 3.67. The van der Waals surface area contributed by atoms with Crippen molar-refractivity contribution in [2.75, 3.05) is 5.73 Å². The Morgan fingerprint density at radius 2 is 1.80 bits per heavy atom. The van der Waals surface area contributed by atoms with Crippen molar-refractivity contribution < 1.29 is 0 Å². The molecular weight excluding hydrogens is 361 g/mol. The summed E-state index contributed by atoms with van der Waals surface area (Å²) in [5, 5.41) is 0. The van der Waals surface area contributed by atoms with Gasteiger partial charge in [-0.15, -0.1) is 0 Å². The fourth-order valence-corrected chi connectivity index (χ4v) is 3.18. The smallest absolute Gasteiger partial charge is 0.161 e. The van der Waals surface area contributed by atoms with Gasteiger partial charge in [0.05, 0.1) is 9.26 Å². The largest absolute Gasteiger partial charge is 0.383 e. The number of aromatic nitrogens is 2. The first-order valence-electron chi connectivity index (χ1n) is 6.99. The van der Waals surface area contributed by atoms with E-state index in [2.05, 4.69) is 65.7 Å². The van der Waals surface area contributed by atoms with Gasteiger partial charge in [0, 0.05) is 5.56 Å². The van der Waals surface area contributed by atoms with Crippen molar-refractivity contribution in [3.63, 3.8) is 0 Å². The van der Waals surface area contributed by atoms with E-state index >= 15 is 0 Å². The third-order valence-electron chi connectivity index (χ3n) is 3.67. The minimum absolute atomic E-state index is 0.344. The molecular formula is C16H18IN3. The van der Waals surface area contributed by atoms with E-state index in [-0.39, 0.29) is 0 Å². The van der Waals surface area contributed by atoms with Gasteiger partial charge in [-0.25, -0.2) is 9.97 Å². The lowest BCUT2D eigenvalue weighted by Crippen LogP contribution is -2.06. The minimum atomic E-state index is 0.344. The molecule has 0 atom stereocenters. The molecule has 0 bridgehead atoms. The van der Waals surface area contributed by atoms with Crippen LogP contribution in [0, 0.1) is 3.57 Å². The van der Waals surface area contributed by atoms with E-state index in [0.29, 0.717) is 11.7 Å². The highest BCUT2D eigenvalue weighted by molar-refractivity contribution is 14.1. The lowest BCUT2D eigenvalue weighted by molar-refractivity contribution is 0.810. The van der Waals surface area contributed by atoms with Crippen LogP contribution in [0.5, 0.6) is 0 Å². The first-order valence-corrected chi connectivity index (χ1v) is 8.07. The fourth-order valence-electron chi connectivity index (χ4n) is 2.32. The second kappa shape index (κ2) is 5.31. The Bertz CT molecular complexity index is 631. The first kappa shape index (κ1) is 13.8. The highest BCUT2D eigenvalue weighted by Gasteiger charge is 2.23. The molecule has 0 spiro atoms. The number of hydrogen-bond acceptors (Lipinski definition) is 3. The van der Waals surface area contributed by atoms with Crippen molar-refractivity contribution >= 4 is 28.4 Å². The number of benzene rings is 1. The van der Waals surface area contributed by atoms with Crippen LogP contribution < -0.4 is 5.73 Å². The predicted molar refractivity (Wildman–Crippen MR) is 90.7 cm³/mol. The summed E-state index contributed by atoms with van der Waals surface area (Å²) in [6.07, 6.45) is 2.65. The van der Waals surface area contributed by atoms with Gasteiger partial charge >= 0.3 is 0 Å². The molecule has 3 rings (SSSR count). The van der Waals surface area contributed by atoms with Crippen LogP contribution in [-0.2, 0) is 0 Å². The number of nitrogen functional groups attached to an aromatic ring is 1. The first-order chi connectivity index (χ1) is 9.56. The summed E-state index contributed by atoms with van der Waals surface area (Å²) in [6.45, 7) is 4.26. The number of nitrogens with zero attached hydrogens (tertiary/aromatic N) is 2. The quantitative estimate of drug-likeness (QED) is 0.808. The van der Waals surface area contributed by atoms with Crippen molar-refractivity contribution in [3.05, 3.63) is 39.1 Å². The Hall–Kier alpha value is -1.17. The number of rotatable bonds is 3. The van der Waals surface area contributed by atoms with Crippen molar-refractivity contribution in [1.29, 1.82) is 0 Å². The van der Waals surface area contributed by atoms with E-state index in [1.807, 2.05) is 0 Å². The molecule has 1 aliphatic carbocycles. The topological polar surface area (TPSA) is 51.8 Å². The van der Waals surface area contributed by atoms with Gasteiger partial charge < -0.3 is 5.73 Å². The molecule has 1 fully saturated rings. The molecule has 0 unspecified atom stereocenters. The fraction of sp³-hybridized carbons (Fsp3) is 0.375. The molecule has 104 valence electrons. The maximum Gasteiger partial charge on any atom is 0.161 e. The average molecular weight is 379 g/mol. The molecule has 1 aromatic carbocycles. The number of anilines is 1. The summed E-state index contributed by atoms with van der Waals surface area (Å²) in [5.41, 5.74) is 9.52. The molecule has 1 aromatic heterocycles. The van der Waals surface area contributed by atoms with Gasteiger partial charge in [-0.05, 0) is 52.8 Å². The molecule has 0 amide bonds. The molecule has 2 N–H and O–H groups in total. The summed E-state index contributed by atoms with van der Waals surface area (Å²) >= 11 is 2.23. The van der Waals surface area contributed by atoms with Crippen LogP contribution in [0.3, 0.4) is 0 Å². The van der Waals surface area contributed by atoms with Gasteiger partial charge in [-0.3, -0.25) is 0 Å². The summed E-state index contributed by atoms with van der Waals surface area (Å²) in [4.78, 5) is 9.13. The van der Waals surface area contributed by atoms with Crippen LogP contribution in [0.25, 0.3) is 11.4 Å². The zero-order valence-electron chi connectivity index (χ0n) is 11.7. The van der Waals surface area contributed by atoms with E-state index in [1.165, 1.54) is 18.4 Å². The van der Waals surface area contributed by atoms with Gasteiger partial charge in [-0.1, -0.05) is 38.1 Å². The number of hydrogen-bond donors (Lipinski definition) is 1. The van der Waals surface area contributed by atoms with Gasteiger partial charge in [0.15, 0.2) is 5.82 Å². The van der Waals surface area contributed by atoms with Crippen LogP contribution in [0.2, 0.25) is 0 Å². The molecule has 2 aromatic rings. The molecule has 1 aliphatic rings. The Labute approximate surface area is 133 Å². The van der Waals surface area contributed by atoms with Crippen molar-refractivity contribution in [1.82, 2.24) is 9.97 Å². The van der Waals surface area contributed by atoms with E-state index in [9.17, 15) is 0 Å². The zero-order chi connectivity index (χ0) is 14.3. The normalized spacial score (nSPS) is 14.8. The van der Waals surface area contributed by atoms with Gasteiger partial charge in [0.1, 0.15) is 5.82 Å². The third-order valence-corrected chi connectivity index (χ3v) is 4.77. The number of nitrogens with two attached hydrogens (primary N) is 1. The third kappa shape index (κ3) is 2.66. The maximum atomic E-state index is 6.03. The van der Waals surface area contributed by atoms with E-state index in [1.54, 1.807) is 0 Å². The van der Waals surface area contributed by atoms with Gasteiger partial charge in [0.2, 0.25) is 0 Å². The molecule has 20 heavy (non-hydrogen) atoms. The van der Waals surface area contributed by atoms with E-state index in [0.717, 1.165) is 26.6 Å². The lowest BCUT2D eigenvalue weighted by Gasteiger charge is -2.11. The van der Waals surface area contributed by atoms with Crippen LogP contribution in [-0.4, -0.2) is 9.97 Å². The van der Waals surface area contributed by atoms with Crippen LogP contribution in [0.15, 0.2) is 24.3 Å². The molecule has 3 nitrogen and oxygen atoms in total. The van der Waals surface area contributed by atoms with Crippen molar-refractivity contribution in [3.8, 4) is 11.4 Å². The highest BCUT2D eigenvalue weighted by atomic mass is 127. The molecule has 0 saturated heterocycles. The van der Waals surface area contributed by atoms with Crippen molar-refractivity contribution in [2.45, 2.75) is 38.5 Å². The van der Waals surface area contributed by atoms with Crippen LogP contribution in [0.1, 0.15) is 49.8 Å². The summed E-state index contributed by atoms with van der Waals surface area (Å²) < 4.78 is 0.968. The Balaban J connectivity index is 2.00. The highest BCUT2D eigenvalue weighted by Crippen LogP contribution is 2.40. The van der Waals surface area contributed by atoms with Gasteiger partial charge in [-0.2, -0.15) is 0 Å². The number of halogens is 1. The monoisotopic (exact) mass is 379 g/mol. The Morgan fingerprint density at radius 3 is 2.35 bits per heavy atom. The lowest BCUT2D eigenvalue weighted by atomic mass is 10.1. The SMILES string of the molecule is CC(C)c1nc(-c2ccc(C3CC3)cc2)nc(N)c1I. The second-order valence-corrected chi connectivity index (χ2v) is 6.76. The van der Waals surface area contributed by atoms with Crippen LogP contribution >= 0.6 is 22.6 Å². The molecule has 1 saturated carbocycles.